The number of ketones is 1. The molecule has 0 aliphatic rings. The summed E-state index contributed by atoms with van der Waals surface area (Å²) >= 11 is 0. The Morgan fingerprint density at radius 3 is 2.35 bits per heavy atom. The van der Waals surface area contributed by atoms with E-state index in [1.54, 1.807) is 0 Å². The van der Waals surface area contributed by atoms with Crippen molar-refractivity contribution in [3.63, 3.8) is 0 Å². The van der Waals surface area contributed by atoms with E-state index in [0.717, 1.165) is 6.07 Å². The molecule has 0 aliphatic carbocycles. The summed E-state index contributed by atoms with van der Waals surface area (Å²) in [4.78, 5) is 22.8. The standard InChI is InChI=1S/C12H13FO4/c1-12(2,11(15)16)10(14)7-4-5-9(17-3)8(13)6-7/h4-6H,1-3H3,(H,15,16). The molecule has 0 radical (unpaired) electrons. The lowest BCUT2D eigenvalue weighted by molar-refractivity contribution is -0.144. The maximum atomic E-state index is 13.4. The van der Waals surface area contributed by atoms with Gasteiger partial charge in [0.05, 0.1) is 7.11 Å². The molecular formula is C12H13FO4. The summed E-state index contributed by atoms with van der Waals surface area (Å²) < 4.78 is 18.1. The minimum atomic E-state index is -1.58. The van der Waals surface area contributed by atoms with Crippen molar-refractivity contribution in [3.05, 3.63) is 29.6 Å². The highest BCUT2D eigenvalue weighted by atomic mass is 19.1. The Bertz CT molecular complexity index is 466. The largest absolute Gasteiger partial charge is 0.494 e. The first kappa shape index (κ1) is 13.2. The molecule has 1 N–H and O–H groups in total. The number of carboxylic acid groups (broad SMARTS) is 1. The Hall–Kier alpha value is -1.91. The van der Waals surface area contributed by atoms with Crippen LogP contribution in [0.4, 0.5) is 4.39 Å². The molecule has 0 fully saturated rings. The number of carbonyl (C=O) groups excluding carboxylic acids is 1. The summed E-state index contributed by atoms with van der Waals surface area (Å²) in [5.41, 5.74) is -1.57. The van der Waals surface area contributed by atoms with E-state index < -0.39 is 23.0 Å². The third-order valence-electron chi connectivity index (χ3n) is 2.52. The molecule has 92 valence electrons. The number of rotatable bonds is 4. The maximum Gasteiger partial charge on any atom is 0.316 e. The van der Waals surface area contributed by atoms with Crippen molar-refractivity contribution in [2.45, 2.75) is 13.8 Å². The number of aliphatic carboxylic acids is 1. The van der Waals surface area contributed by atoms with Crippen LogP contribution < -0.4 is 4.74 Å². The third kappa shape index (κ3) is 2.43. The molecular weight excluding hydrogens is 227 g/mol. The van der Waals surface area contributed by atoms with Gasteiger partial charge in [-0.05, 0) is 32.0 Å². The number of Topliss-reactive ketones (excluding diaryl/α,β-unsaturated/α-hetero) is 1. The zero-order chi connectivity index (χ0) is 13.2. The average molecular weight is 240 g/mol. The van der Waals surface area contributed by atoms with Gasteiger partial charge in [-0.25, -0.2) is 4.39 Å². The van der Waals surface area contributed by atoms with Gasteiger partial charge in [-0.15, -0.1) is 0 Å². The van der Waals surface area contributed by atoms with Crippen LogP contribution in [0, 0.1) is 11.2 Å². The van der Waals surface area contributed by atoms with Gasteiger partial charge in [-0.1, -0.05) is 0 Å². The Balaban J connectivity index is 3.14. The Morgan fingerprint density at radius 2 is 1.94 bits per heavy atom. The minimum absolute atomic E-state index is 0.00896. The second-order valence-corrected chi connectivity index (χ2v) is 4.11. The lowest BCUT2D eigenvalue weighted by atomic mass is 9.84. The van der Waals surface area contributed by atoms with Gasteiger partial charge in [0.2, 0.25) is 0 Å². The van der Waals surface area contributed by atoms with Crippen molar-refractivity contribution in [1.29, 1.82) is 0 Å². The summed E-state index contributed by atoms with van der Waals surface area (Å²) in [5, 5.41) is 8.90. The molecule has 4 nitrogen and oxygen atoms in total. The van der Waals surface area contributed by atoms with E-state index in [1.165, 1.54) is 33.1 Å². The molecule has 0 bridgehead atoms. The molecule has 5 heteroatoms. The van der Waals surface area contributed by atoms with Crippen molar-refractivity contribution < 1.29 is 23.8 Å². The van der Waals surface area contributed by atoms with Crippen LogP contribution in [-0.4, -0.2) is 24.0 Å². The molecule has 0 unspecified atom stereocenters. The predicted octanol–water partition coefficient (Wildman–Crippen LogP) is 2.13. The Labute approximate surface area is 98.0 Å². The molecule has 0 heterocycles. The molecule has 0 amide bonds. The van der Waals surface area contributed by atoms with E-state index in [1.807, 2.05) is 0 Å². The number of hydrogen-bond donors (Lipinski definition) is 1. The lowest BCUT2D eigenvalue weighted by Crippen LogP contribution is -2.33. The van der Waals surface area contributed by atoms with E-state index >= 15 is 0 Å². The van der Waals surface area contributed by atoms with Gasteiger partial charge in [-0.3, -0.25) is 9.59 Å². The van der Waals surface area contributed by atoms with E-state index in [0.29, 0.717) is 0 Å². The van der Waals surface area contributed by atoms with Crippen LogP contribution in [0.5, 0.6) is 5.75 Å². The number of halogens is 1. The molecule has 1 aromatic rings. The highest BCUT2D eigenvalue weighted by Crippen LogP contribution is 2.25. The smallest absolute Gasteiger partial charge is 0.316 e. The Morgan fingerprint density at radius 1 is 1.35 bits per heavy atom. The first-order valence-corrected chi connectivity index (χ1v) is 4.92. The fraction of sp³-hybridized carbons (Fsp3) is 0.333. The summed E-state index contributed by atoms with van der Waals surface area (Å²) in [7, 11) is 1.31. The summed E-state index contributed by atoms with van der Waals surface area (Å²) in [6.45, 7) is 2.56. The quantitative estimate of drug-likeness (QED) is 0.646. The van der Waals surface area contributed by atoms with Crippen LogP contribution in [-0.2, 0) is 4.79 Å². The van der Waals surface area contributed by atoms with Gasteiger partial charge in [0.15, 0.2) is 17.3 Å². The SMILES string of the molecule is COc1ccc(C(=O)C(C)(C)C(=O)O)cc1F. The average Bonchev–Trinajstić information content (AvgIpc) is 2.27. The number of carbonyl (C=O) groups is 2. The number of benzene rings is 1. The van der Waals surface area contributed by atoms with Crippen LogP contribution in [0.15, 0.2) is 18.2 Å². The van der Waals surface area contributed by atoms with Crippen LogP contribution in [0.3, 0.4) is 0 Å². The number of carboxylic acids is 1. The third-order valence-corrected chi connectivity index (χ3v) is 2.52. The monoisotopic (exact) mass is 240 g/mol. The van der Waals surface area contributed by atoms with Crippen molar-refractivity contribution in [1.82, 2.24) is 0 Å². The number of methoxy groups -OCH3 is 1. The summed E-state index contributed by atoms with van der Waals surface area (Å²) in [6.07, 6.45) is 0. The van der Waals surface area contributed by atoms with E-state index in [4.69, 9.17) is 9.84 Å². The second kappa shape index (κ2) is 4.53. The predicted molar refractivity (Wildman–Crippen MR) is 58.7 cm³/mol. The fourth-order valence-electron chi connectivity index (χ4n) is 1.27. The Kier molecular flexibility index (Phi) is 3.50. The van der Waals surface area contributed by atoms with Crippen molar-refractivity contribution >= 4 is 11.8 Å². The van der Waals surface area contributed by atoms with Gasteiger partial charge in [0.25, 0.3) is 0 Å². The highest BCUT2D eigenvalue weighted by molar-refractivity contribution is 6.11. The van der Waals surface area contributed by atoms with Gasteiger partial charge >= 0.3 is 5.97 Å². The van der Waals surface area contributed by atoms with Crippen LogP contribution in [0.2, 0.25) is 0 Å². The van der Waals surface area contributed by atoms with Gasteiger partial charge in [0.1, 0.15) is 5.41 Å². The molecule has 0 atom stereocenters. The van der Waals surface area contributed by atoms with Crippen LogP contribution >= 0.6 is 0 Å². The molecule has 0 saturated carbocycles. The first-order chi connectivity index (χ1) is 7.80. The molecule has 17 heavy (non-hydrogen) atoms. The highest BCUT2D eigenvalue weighted by Gasteiger charge is 2.36. The van der Waals surface area contributed by atoms with Crippen molar-refractivity contribution in [2.24, 2.45) is 5.41 Å². The molecule has 0 aliphatic heterocycles. The number of ether oxygens (including phenoxy) is 1. The zero-order valence-electron chi connectivity index (χ0n) is 9.78. The molecule has 0 saturated heterocycles. The molecule has 1 aromatic carbocycles. The van der Waals surface area contributed by atoms with Gasteiger partial charge in [0, 0.05) is 5.56 Å². The number of hydrogen-bond acceptors (Lipinski definition) is 3. The van der Waals surface area contributed by atoms with Crippen LogP contribution in [0.25, 0.3) is 0 Å². The van der Waals surface area contributed by atoms with E-state index in [-0.39, 0.29) is 11.3 Å². The molecule has 0 spiro atoms. The van der Waals surface area contributed by atoms with E-state index in [9.17, 15) is 14.0 Å². The van der Waals surface area contributed by atoms with Crippen molar-refractivity contribution in [3.8, 4) is 5.75 Å². The zero-order valence-corrected chi connectivity index (χ0v) is 9.78. The minimum Gasteiger partial charge on any atom is -0.494 e. The van der Waals surface area contributed by atoms with Crippen molar-refractivity contribution in [2.75, 3.05) is 7.11 Å². The fourth-order valence-corrected chi connectivity index (χ4v) is 1.27. The molecule has 1 rings (SSSR count). The lowest BCUT2D eigenvalue weighted by Gasteiger charge is -2.17. The van der Waals surface area contributed by atoms with Gasteiger partial charge < -0.3 is 9.84 Å². The first-order valence-electron chi connectivity index (χ1n) is 4.92. The summed E-state index contributed by atoms with van der Waals surface area (Å²) in [5.74, 6) is -2.58. The second-order valence-electron chi connectivity index (χ2n) is 4.11. The van der Waals surface area contributed by atoms with Gasteiger partial charge in [-0.2, -0.15) is 0 Å². The maximum absolute atomic E-state index is 13.4. The molecule has 0 aromatic heterocycles. The normalized spacial score (nSPS) is 11.1. The van der Waals surface area contributed by atoms with E-state index in [2.05, 4.69) is 0 Å². The van der Waals surface area contributed by atoms with Crippen LogP contribution in [0.1, 0.15) is 24.2 Å². The topological polar surface area (TPSA) is 63.6 Å². The summed E-state index contributed by atoms with van der Waals surface area (Å²) in [6, 6.07) is 3.61.